The maximum absolute atomic E-state index is 9.66. The highest BCUT2D eigenvalue weighted by Crippen LogP contribution is 2.19. The van der Waals surface area contributed by atoms with Gasteiger partial charge in [0.25, 0.3) is 0 Å². The summed E-state index contributed by atoms with van der Waals surface area (Å²) in [6.45, 7) is 2.90. The van der Waals surface area contributed by atoms with E-state index in [2.05, 4.69) is 16.1 Å². The maximum atomic E-state index is 9.66. The molecule has 2 N–H and O–H groups in total. The fourth-order valence-electron chi connectivity index (χ4n) is 2.68. The van der Waals surface area contributed by atoms with Gasteiger partial charge >= 0.3 is 0 Å². The SMILES string of the molecule is N#Cc1ccc(CN2CCn3nc(C(O)CO)cc3C2)cc1. The number of fused-ring (bicyclic) bond motifs is 1. The predicted molar refractivity (Wildman–Crippen MR) is 79.5 cm³/mol. The van der Waals surface area contributed by atoms with Crippen LogP contribution in [-0.2, 0) is 19.6 Å². The Morgan fingerprint density at radius 2 is 2.05 bits per heavy atom. The average Bonchev–Trinajstić information content (AvgIpc) is 2.98. The topological polar surface area (TPSA) is 85.3 Å². The van der Waals surface area contributed by atoms with Crippen molar-refractivity contribution < 1.29 is 10.2 Å². The number of aliphatic hydroxyl groups excluding tert-OH is 2. The molecule has 1 unspecified atom stereocenters. The van der Waals surface area contributed by atoms with Gasteiger partial charge in [-0.2, -0.15) is 10.4 Å². The molecule has 1 aromatic heterocycles. The summed E-state index contributed by atoms with van der Waals surface area (Å²) in [5.74, 6) is 0. The minimum Gasteiger partial charge on any atom is -0.393 e. The Morgan fingerprint density at radius 3 is 2.73 bits per heavy atom. The Balaban J connectivity index is 1.68. The number of hydrogen-bond acceptors (Lipinski definition) is 5. The molecule has 0 saturated heterocycles. The summed E-state index contributed by atoms with van der Waals surface area (Å²) in [6, 6.07) is 11.6. The number of aromatic nitrogens is 2. The van der Waals surface area contributed by atoms with Crippen LogP contribution in [0.25, 0.3) is 0 Å². The average molecular weight is 298 g/mol. The van der Waals surface area contributed by atoms with E-state index in [1.807, 2.05) is 35.0 Å². The zero-order chi connectivity index (χ0) is 15.5. The molecule has 1 aromatic carbocycles. The summed E-state index contributed by atoms with van der Waals surface area (Å²) >= 11 is 0. The van der Waals surface area contributed by atoms with E-state index < -0.39 is 6.10 Å². The van der Waals surface area contributed by atoms with E-state index in [9.17, 15) is 5.11 Å². The third-order valence-corrected chi connectivity index (χ3v) is 3.90. The zero-order valence-electron chi connectivity index (χ0n) is 12.2. The molecule has 2 aromatic rings. The van der Waals surface area contributed by atoms with Crippen molar-refractivity contribution in [1.29, 1.82) is 5.26 Å². The van der Waals surface area contributed by atoms with Gasteiger partial charge in [0.2, 0.25) is 0 Å². The van der Waals surface area contributed by atoms with Crippen LogP contribution in [0.5, 0.6) is 0 Å². The van der Waals surface area contributed by atoms with Gasteiger partial charge in [0.1, 0.15) is 6.10 Å². The quantitative estimate of drug-likeness (QED) is 0.872. The van der Waals surface area contributed by atoms with Crippen LogP contribution in [0.15, 0.2) is 30.3 Å². The molecule has 0 radical (unpaired) electrons. The van der Waals surface area contributed by atoms with Gasteiger partial charge in [0.15, 0.2) is 0 Å². The number of hydrogen-bond donors (Lipinski definition) is 2. The smallest absolute Gasteiger partial charge is 0.121 e. The molecule has 1 aliphatic rings. The van der Waals surface area contributed by atoms with Crippen LogP contribution >= 0.6 is 0 Å². The molecule has 3 rings (SSSR count). The third kappa shape index (κ3) is 3.02. The lowest BCUT2D eigenvalue weighted by Crippen LogP contribution is -2.33. The van der Waals surface area contributed by atoms with Crippen LogP contribution in [0.3, 0.4) is 0 Å². The van der Waals surface area contributed by atoms with Crippen LogP contribution in [0, 0.1) is 11.3 Å². The second-order valence-corrected chi connectivity index (χ2v) is 5.50. The van der Waals surface area contributed by atoms with Gasteiger partial charge in [-0.1, -0.05) is 12.1 Å². The van der Waals surface area contributed by atoms with Crippen molar-refractivity contribution in [2.75, 3.05) is 13.2 Å². The Kier molecular flexibility index (Phi) is 4.20. The summed E-state index contributed by atoms with van der Waals surface area (Å²) in [7, 11) is 0. The van der Waals surface area contributed by atoms with Crippen molar-refractivity contribution in [3.63, 3.8) is 0 Å². The van der Waals surface area contributed by atoms with Crippen molar-refractivity contribution in [2.24, 2.45) is 0 Å². The molecule has 0 spiro atoms. The van der Waals surface area contributed by atoms with E-state index in [0.29, 0.717) is 11.3 Å². The Labute approximate surface area is 128 Å². The number of nitriles is 1. The largest absolute Gasteiger partial charge is 0.393 e. The Bertz CT molecular complexity index is 687. The second-order valence-electron chi connectivity index (χ2n) is 5.50. The van der Waals surface area contributed by atoms with Crippen LogP contribution in [0.4, 0.5) is 0 Å². The molecule has 0 amide bonds. The highest BCUT2D eigenvalue weighted by Gasteiger charge is 2.20. The van der Waals surface area contributed by atoms with E-state index in [4.69, 9.17) is 10.4 Å². The normalized spacial score (nSPS) is 16.0. The number of nitrogens with zero attached hydrogens (tertiary/aromatic N) is 4. The van der Waals surface area contributed by atoms with Gasteiger partial charge < -0.3 is 10.2 Å². The molecule has 0 saturated carbocycles. The summed E-state index contributed by atoms with van der Waals surface area (Å²) < 4.78 is 1.89. The Hall–Kier alpha value is -2.20. The summed E-state index contributed by atoms with van der Waals surface area (Å²) in [4.78, 5) is 2.30. The minimum atomic E-state index is -0.912. The van der Waals surface area contributed by atoms with Gasteiger partial charge in [-0.3, -0.25) is 9.58 Å². The van der Waals surface area contributed by atoms with E-state index in [-0.39, 0.29) is 6.61 Å². The molecule has 1 atom stereocenters. The first-order chi connectivity index (χ1) is 10.7. The van der Waals surface area contributed by atoms with Gasteiger partial charge in [-0.05, 0) is 23.8 Å². The lowest BCUT2D eigenvalue weighted by molar-refractivity contribution is 0.0915. The molecule has 0 fully saturated rings. The first-order valence-corrected chi connectivity index (χ1v) is 7.26. The number of rotatable bonds is 4. The van der Waals surface area contributed by atoms with Crippen molar-refractivity contribution in [1.82, 2.24) is 14.7 Å². The molecule has 0 aliphatic carbocycles. The lowest BCUT2D eigenvalue weighted by atomic mass is 10.1. The molecule has 6 heteroatoms. The molecule has 6 nitrogen and oxygen atoms in total. The van der Waals surface area contributed by atoms with E-state index in [0.717, 1.165) is 31.9 Å². The molecular formula is C16H18N4O2. The highest BCUT2D eigenvalue weighted by molar-refractivity contribution is 5.31. The maximum Gasteiger partial charge on any atom is 0.121 e. The fourth-order valence-corrected chi connectivity index (χ4v) is 2.68. The molecular weight excluding hydrogens is 280 g/mol. The van der Waals surface area contributed by atoms with Crippen LogP contribution in [-0.4, -0.2) is 38.0 Å². The van der Waals surface area contributed by atoms with E-state index >= 15 is 0 Å². The van der Waals surface area contributed by atoms with E-state index in [1.54, 1.807) is 0 Å². The van der Waals surface area contributed by atoms with Gasteiger partial charge in [0, 0.05) is 19.6 Å². The number of aliphatic hydroxyl groups is 2. The Morgan fingerprint density at radius 1 is 1.27 bits per heavy atom. The number of benzene rings is 1. The predicted octanol–water partition coefficient (Wildman–Crippen LogP) is 0.796. The summed E-state index contributed by atoms with van der Waals surface area (Å²) in [6.07, 6.45) is -0.912. The molecule has 0 bridgehead atoms. The monoisotopic (exact) mass is 298 g/mol. The first-order valence-electron chi connectivity index (χ1n) is 7.26. The molecule has 2 heterocycles. The highest BCUT2D eigenvalue weighted by atomic mass is 16.3. The van der Waals surface area contributed by atoms with Crippen LogP contribution in [0.2, 0.25) is 0 Å². The van der Waals surface area contributed by atoms with Crippen molar-refractivity contribution in [3.8, 4) is 6.07 Å². The van der Waals surface area contributed by atoms with E-state index in [1.165, 1.54) is 5.56 Å². The molecule has 1 aliphatic heterocycles. The fraction of sp³-hybridized carbons (Fsp3) is 0.375. The third-order valence-electron chi connectivity index (χ3n) is 3.90. The first kappa shape index (κ1) is 14.7. The molecule has 22 heavy (non-hydrogen) atoms. The summed E-state index contributed by atoms with van der Waals surface area (Å²) in [5, 5.41) is 31.8. The summed E-state index contributed by atoms with van der Waals surface area (Å²) in [5.41, 5.74) is 3.41. The van der Waals surface area contributed by atoms with Crippen LogP contribution in [0.1, 0.15) is 28.6 Å². The van der Waals surface area contributed by atoms with Crippen LogP contribution < -0.4 is 0 Å². The standard InChI is InChI=1S/C16H18N4O2/c17-8-12-1-3-13(4-2-12)9-19-5-6-20-14(10-19)7-15(18-20)16(22)11-21/h1-4,7,16,21-22H,5-6,9-11H2. The molecule has 114 valence electrons. The zero-order valence-corrected chi connectivity index (χ0v) is 12.2. The van der Waals surface area contributed by atoms with Crippen molar-refractivity contribution in [2.45, 2.75) is 25.7 Å². The van der Waals surface area contributed by atoms with Crippen molar-refractivity contribution in [3.05, 3.63) is 52.8 Å². The van der Waals surface area contributed by atoms with Crippen molar-refractivity contribution >= 4 is 0 Å². The van der Waals surface area contributed by atoms with Gasteiger partial charge in [0.05, 0.1) is 36.2 Å². The second kappa shape index (κ2) is 6.28. The van der Waals surface area contributed by atoms with Gasteiger partial charge in [-0.25, -0.2) is 0 Å². The lowest BCUT2D eigenvalue weighted by Gasteiger charge is -2.27. The minimum absolute atomic E-state index is 0.314. The van der Waals surface area contributed by atoms with Gasteiger partial charge in [-0.15, -0.1) is 0 Å².